The van der Waals surface area contributed by atoms with E-state index in [0.717, 1.165) is 5.69 Å². The molecule has 2 aromatic rings. The second-order valence-electron chi connectivity index (χ2n) is 3.20. The molecule has 0 aliphatic rings. The monoisotopic (exact) mass is 252 g/mol. The molecular formula is C10H12N4O2S. The highest BCUT2D eigenvalue weighted by molar-refractivity contribution is 7.80. The summed E-state index contributed by atoms with van der Waals surface area (Å²) in [7, 11) is 1.63. The van der Waals surface area contributed by atoms with Gasteiger partial charge in [0, 0.05) is 7.11 Å². The van der Waals surface area contributed by atoms with Crippen LogP contribution in [0, 0.1) is 0 Å². The number of para-hydroxylation sites is 2. The molecule has 2 rings (SSSR count). The zero-order valence-electron chi connectivity index (χ0n) is 9.28. The fourth-order valence-corrected chi connectivity index (χ4v) is 1.52. The molecule has 90 valence electrons. The van der Waals surface area contributed by atoms with Crippen LogP contribution in [0.4, 0.5) is 0 Å². The van der Waals surface area contributed by atoms with E-state index in [9.17, 15) is 0 Å². The molecule has 0 atom stereocenters. The van der Waals surface area contributed by atoms with E-state index in [1.165, 1.54) is 4.68 Å². The Morgan fingerprint density at radius 2 is 2.12 bits per heavy atom. The van der Waals surface area contributed by atoms with Crippen LogP contribution in [0.1, 0.15) is 0 Å². The number of tetrazole rings is 1. The highest BCUT2D eigenvalue weighted by Crippen LogP contribution is 2.23. The molecule has 1 aromatic heterocycles. The fourth-order valence-electron chi connectivity index (χ4n) is 1.33. The number of aromatic nitrogens is 4. The minimum atomic E-state index is 0.410. The first kappa shape index (κ1) is 11.9. The van der Waals surface area contributed by atoms with E-state index >= 15 is 0 Å². The molecule has 0 spiro atoms. The lowest BCUT2D eigenvalue weighted by Crippen LogP contribution is -2.07. The predicted molar refractivity (Wildman–Crippen MR) is 63.8 cm³/mol. The number of methoxy groups -OCH3 is 1. The lowest BCUT2D eigenvalue weighted by atomic mass is 10.3. The summed E-state index contributed by atoms with van der Waals surface area (Å²) in [5.41, 5.74) is 0.749. The Kier molecular flexibility index (Phi) is 3.94. The molecule has 6 nitrogen and oxygen atoms in total. The zero-order valence-corrected chi connectivity index (χ0v) is 10.2. The molecule has 1 aromatic carbocycles. The minimum Gasteiger partial charge on any atom is -0.489 e. The summed E-state index contributed by atoms with van der Waals surface area (Å²) in [6.07, 6.45) is 0. The maximum absolute atomic E-state index is 5.58. The van der Waals surface area contributed by atoms with Gasteiger partial charge in [-0.05, 0) is 22.6 Å². The van der Waals surface area contributed by atoms with E-state index in [-0.39, 0.29) is 0 Å². The maximum Gasteiger partial charge on any atom is 0.211 e. The van der Waals surface area contributed by atoms with Gasteiger partial charge in [0.15, 0.2) is 0 Å². The molecule has 0 saturated heterocycles. The van der Waals surface area contributed by atoms with E-state index < -0.39 is 0 Å². The van der Waals surface area contributed by atoms with Crippen LogP contribution in [0.15, 0.2) is 29.4 Å². The summed E-state index contributed by atoms with van der Waals surface area (Å²) >= 11 is 4.16. The van der Waals surface area contributed by atoms with Crippen molar-refractivity contribution in [2.45, 2.75) is 5.16 Å². The molecular weight excluding hydrogens is 240 g/mol. The summed E-state index contributed by atoms with van der Waals surface area (Å²) in [5, 5.41) is 11.5. The molecule has 0 saturated carbocycles. The van der Waals surface area contributed by atoms with Crippen LogP contribution >= 0.6 is 12.6 Å². The summed E-state index contributed by atoms with van der Waals surface area (Å²) in [6, 6.07) is 7.47. The average Bonchev–Trinajstić information content (AvgIpc) is 2.76. The molecule has 0 amide bonds. The van der Waals surface area contributed by atoms with Crippen LogP contribution in [-0.4, -0.2) is 40.5 Å². The third kappa shape index (κ3) is 2.75. The number of benzene rings is 1. The van der Waals surface area contributed by atoms with Crippen LogP contribution in [0.25, 0.3) is 5.69 Å². The van der Waals surface area contributed by atoms with Crippen LogP contribution < -0.4 is 4.74 Å². The van der Waals surface area contributed by atoms with E-state index in [1.54, 1.807) is 7.11 Å². The topological polar surface area (TPSA) is 62.1 Å². The van der Waals surface area contributed by atoms with Gasteiger partial charge in [0.05, 0.1) is 6.61 Å². The van der Waals surface area contributed by atoms with Crippen molar-refractivity contribution in [2.24, 2.45) is 0 Å². The smallest absolute Gasteiger partial charge is 0.211 e. The molecule has 0 aliphatic carbocycles. The second-order valence-corrected chi connectivity index (χ2v) is 3.60. The van der Waals surface area contributed by atoms with Crippen LogP contribution in [0.2, 0.25) is 0 Å². The van der Waals surface area contributed by atoms with Crippen LogP contribution in [0.5, 0.6) is 5.75 Å². The van der Waals surface area contributed by atoms with Gasteiger partial charge >= 0.3 is 0 Å². The average molecular weight is 252 g/mol. The quantitative estimate of drug-likeness (QED) is 0.635. The normalized spacial score (nSPS) is 10.5. The van der Waals surface area contributed by atoms with Crippen molar-refractivity contribution in [1.82, 2.24) is 20.2 Å². The Bertz CT molecular complexity index is 489. The van der Waals surface area contributed by atoms with Crippen molar-refractivity contribution >= 4 is 12.6 Å². The highest BCUT2D eigenvalue weighted by atomic mass is 32.1. The summed E-state index contributed by atoms with van der Waals surface area (Å²) in [5.74, 6) is 0.687. The van der Waals surface area contributed by atoms with Crippen molar-refractivity contribution in [3.63, 3.8) is 0 Å². The fraction of sp³-hybridized carbons (Fsp3) is 0.300. The minimum absolute atomic E-state index is 0.410. The molecule has 17 heavy (non-hydrogen) atoms. The maximum atomic E-state index is 5.58. The van der Waals surface area contributed by atoms with Crippen LogP contribution in [0.3, 0.4) is 0 Å². The van der Waals surface area contributed by atoms with Gasteiger partial charge in [-0.15, -0.1) is 17.7 Å². The molecule has 7 heteroatoms. The van der Waals surface area contributed by atoms with Gasteiger partial charge in [-0.3, -0.25) is 0 Å². The number of hydrogen-bond donors (Lipinski definition) is 1. The molecule has 1 heterocycles. The first-order valence-corrected chi connectivity index (χ1v) is 5.46. The standard InChI is InChI=1S/C10H12N4O2S/c1-15-6-7-16-9-5-3-2-4-8(9)14-10(17)11-12-13-14/h2-5H,6-7H2,1H3,(H,11,13,17). The van der Waals surface area contributed by atoms with E-state index in [2.05, 4.69) is 28.2 Å². The SMILES string of the molecule is COCCOc1ccccc1-n1nnnc1S. The summed E-state index contributed by atoms with van der Waals surface area (Å²) < 4.78 is 12.0. The molecule has 0 N–H and O–H groups in total. The third-order valence-corrected chi connectivity index (χ3v) is 2.37. The summed E-state index contributed by atoms with van der Waals surface area (Å²) in [4.78, 5) is 0. The predicted octanol–water partition coefficient (Wildman–Crippen LogP) is 0.976. The molecule has 0 radical (unpaired) electrons. The van der Waals surface area contributed by atoms with Gasteiger partial charge in [0.1, 0.15) is 18.0 Å². The number of rotatable bonds is 5. The lowest BCUT2D eigenvalue weighted by molar-refractivity contribution is 0.146. The van der Waals surface area contributed by atoms with Crippen molar-refractivity contribution in [3.8, 4) is 11.4 Å². The van der Waals surface area contributed by atoms with Gasteiger partial charge < -0.3 is 9.47 Å². The number of thiol groups is 1. The zero-order chi connectivity index (χ0) is 12.1. The van der Waals surface area contributed by atoms with Crippen molar-refractivity contribution in [1.29, 1.82) is 0 Å². The van der Waals surface area contributed by atoms with Crippen LogP contribution in [-0.2, 0) is 4.74 Å². The Labute approximate surface area is 104 Å². The lowest BCUT2D eigenvalue weighted by Gasteiger charge is -2.10. The van der Waals surface area contributed by atoms with Gasteiger partial charge in [0.2, 0.25) is 5.16 Å². The van der Waals surface area contributed by atoms with Crippen molar-refractivity contribution < 1.29 is 9.47 Å². The molecule has 0 aliphatic heterocycles. The van der Waals surface area contributed by atoms with Gasteiger partial charge in [-0.2, -0.15) is 4.68 Å². The molecule has 0 bridgehead atoms. The third-order valence-electron chi connectivity index (χ3n) is 2.09. The van der Waals surface area contributed by atoms with E-state index in [1.807, 2.05) is 24.3 Å². The Morgan fingerprint density at radius 3 is 2.82 bits per heavy atom. The second kappa shape index (κ2) is 5.65. The van der Waals surface area contributed by atoms with Crippen molar-refractivity contribution in [3.05, 3.63) is 24.3 Å². The number of hydrogen-bond acceptors (Lipinski definition) is 6. The summed E-state index contributed by atoms with van der Waals surface area (Å²) in [6.45, 7) is 0.995. The van der Waals surface area contributed by atoms with Crippen molar-refractivity contribution in [2.75, 3.05) is 20.3 Å². The Balaban J connectivity index is 2.25. The van der Waals surface area contributed by atoms with E-state index in [4.69, 9.17) is 9.47 Å². The molecule has 0 fully saturated rings. The highest BCUT2D eigenvalue weighted by Gasteiger charge is 2.09. The van der Waals surface area contributed by atoms with Gasteiger partial charge in [-0.25, -0.2) is 0 Å². The first-order chi connectivity index (χ1) is 8.33. The Morgan fingerprint density at radius 1 is 1.29 bits per heavy atom. The van der Waals surface area contributed by atoms with Gasteiger partial charge in [-0.1, -0.05) is 12.1 Å². The van der Waals surface area contributed by atoms with Gasteiger partial charge in [0.25, 0.3) is 0 Å². The molecule has 0 unspecified atom stereocenters. The number of nitrogens with zero attached hydrogens (tertiary/aromatic N) is 4. The van der Waals surface area contributed by atoms with E-state index in [0.29, 0.717) is 24.1 Å². The Hall–Kier alpha value is -1.60. The largest absolute Gasteiger partial charge is 0.489 e. The first-order valence-electron chi connectivity index (χ1n) is 5.01. The number of ether oxygens (including phenoxy) is 2.